The molecule has 0 aliphatic heterocycles. The van der Waals surface area contributed by atoms with E-state index in [-0.39, 0.29) is 6.04 Å². The fourth-order valence-corrected chi connectivity index (χ4v) is 3.00. The molecule has 1 N–H and O–H groups in total. The van der Waals surface area contributed by atoms with E-state index in [4.69, 9.17) is 0 Å². The Morgan fingerprint density at radius 2 is 1.90 bits per heavy atom. The topological polar surface area (TPSA) is 12.0 Å². The van der Waals surface area contributed by atoms with E-state index in [0.717, 1.165) is 23.2 Å². The van der Waals surface area contributed by atoms with Gasteiger partial charge in [-0.05, 0) is 60.2 Å². The Labute approximate surface area is 119 Å². The van der Waals surface area contributed by atoms with E-state index in [1.54, 1.807) is 11.3 Å². The van der Waals surface area contributed by atoms with Gasteiger partial charge < -0.3 is 5.32 Å². The van der Waals surface area contributed by atoms with Crippen LogP contribution in [0.2, 0.25) is 0 Å². The third-order valence-electron chi connectivity index (χ3n) is 3.26. The van der Waals surface area contributed by atoms with Crippen molar-refractivity contribution in [1.29, 1.82) is 0 Å². The largest absolute Gasteiger partial charge is 0.378 e. The lowest BCUT2D eigenvalue weighted by Gasteiger charge is -2.16. The average Bonchev–Trinajstić information content (AvgIpc) is 2.89. The molecular weight excluding hydrogens is 276 g/mol. The Kier molecular flexibility index (Phi) is 3.40. The Hall–Kier alpha value is -1.94. The van der Waals surface area contributed by atoms with Gasteiger partial charge in [0.1, 0.15) is 11.6 Å². The standard InChI is InChI=1S/C16H13F2NS/c1-10(14-9-12(17)2-4-15(14)18)19-13-3-5-16-11(8-13)6-7-20-16/h2-10,19H,1H3. The van der Waals surface area contributed by atoms with Crippen molar-refractivity contribution in [2.24, 2.45) is 0 Å². The van der Waals surface area contributed by atoms with Crippen molar-refractivity contribution in [3.8, 4) is 0 Å². The molecule has 3 aromatic rings. The monoisotopic (exact) mass is 289 g/mol. The van der Waals surface area contributed by atoms with Crippen molar-refractivity contribution in [3.05, 3.63) is 65.0 Å². The maximum atomic E-state index is 13.7. The molecule has 1 unspecified atom stereocenters. The zero-order valence-electron chi connectivity index (χ0n) is 10.9. The molecule has 20 heavy (non-hydrogen) atoms. The van der Waals surface area contributed by atoms with Crippen molar-refractivity contribution in [2.45, 2.75) is 13.0 Å². The molecule has 0 bridgehead atoms. The Morgan fingerprint density at radius 1 is 1.05 bits per heavy atom. The van der Waals surface area contributed by atoms with Gasteiger partial charge in [0, 0.05) is 16.0 Å². The molecule has 1 aromatic heterocycles. The summed E-state index contributed by atoms with van der Waals surface area (Å²) in [6.07, 6.45) is 0. The van der Waals surface area contributed by atoms with Gasteiger partial charge in [0.05, 0.1) is 6.04 Å². The SMILES string of the molecule is CC(Nc1ccc2sccc2c1)c1cc(F)ccc1F. The van der Waals surface area contributed by atoms with Crippen molar-refractivity contribution < 1.29 is 8.78 Å². The summed E-state index contributed by atoms with van der Waals surface area (Å²) in [6, 6.07) is 11.2. The molecule has 1 nitrogen and oxygen atoms in total. The van der Waals surface area contributed by atoms with Crippen LogP contribution in [0.25, 0.3) is 10.1 Å². The highest BCUT2D eigenvalue weighted by atomic mass is 32.1. The lowest BCUT2D eigenvalue weighted by molar-refractivity contribution is 0.577. The molecule has 1 heterocycles. The first-order chi connectivity index (χ1) is 9.63. The maximum absolute atomic E-state index is 13.7. The van der Waals surface area contributed by atoms with Crippen LogP contribution in [0, 0.1) is 11.6 Å². The van der Waals surface area contributed by atoms with Crippen LogP contribution in [0.5, 0.6) is 0 Å². The fourth-order valence-electron chi connectivity index (χ4n) is 2.23. The summed E-state index contributed by atoms with van der Waals surface area (Å²) in [5.41, 5.74) is 1.22. The van der Waals surface area contributed by atoms with E-state index in [0.29, 0.717) is 5.56 Å². The van der Waals surface area contributed by atoms with Crippen LogP contribution in [0.15, 0.2) is 47.8 Å². The molecule has 4 heteroatoms. The molecule has 0 aliphatic rings. The molecule has 0 amide bonds. The molecule has 0 radical (unpaired) electrons. The summed E-state index contributed by atoms with van der Waals surface area (Å²) in [5.74, 6) is -0.827. The van der Waals surface area contributed by atoms with Crippen LogP contribution < -0.4 is 5.32 Å². The maximum Gasteiger partial charge on any atom is 0.128 e. The highest BCUT2D eigenvalue weighted by Crippen LogP contribution is 2.27. The first kappa shape index (κ1) is 13.1. The van der Waals surface area contributed by atoms with Crippen molar-refractivity contribution in [2.75, 3.05) is 5.32 Å². The number of hydrogen-bond acceptors (Lipinski definition) is 2. The van der Waals surface area contributed by atoms with Crippen LogP contribution in [-0.2, 0) is 0 Å². The van der Waals surface area contributed by atoms with Gasteiger partial charge in [-0.15, -0.1) is 11.3 Å². The highest BCUT2D eigenvalue weighted by Gasteiger charge is 2.12. The number of hydrogen-bond donors (Lipinski definition) is 1. The number of nitrogens with one attached hydrogen (secondary N) is 1. The van der Waals surface area contributed by atoms with Gasteiger partial charge in [-0.3, -0.25) is 0 Å². The zero-order valence-corrected chi connectivity index (χ0v) is 11.7. The first-order valence-electron chi connectivity index (χ1n) is 6.32. The first-order valence-corrected chi connectivity index (χ1v) is 7.20. The van der Waals surface area contributed by atoms with E-state index in [1.165, 1.54) is 10.8 Å². The Morgan fingerprint density at radius 3 is 2.75 bits per heavy atom. The van der Waals surface area contributed by atoms with E-state index >= 15 is 0 Å². The molecule has 0 spiro atoms. The number of fused-ring (bicyclic) bond motifs is 1. The van der Waals surface area contributed by atoms with Gasteiger partial charge in [-0.1, -0.05) is 0 Å². The minimum atomic E-state index is -0.427. The molecule has 2 aromatic carbocycles. The van der Waals surface area contributed by atoms with Crippen LogP contribution >= 0.6 is 11.3 Å². The summed E-state index contributed by atoms with van der Waals surface area (Å²) < 4.78 is 28.1. The van der Waals surface area contributed by atoms with E-state index in [9.17, 15) is 8.78 Å². The summed E-state index contributed by atoms with van der Waals surface area (Å²) in [5, 5.41) is 6.38. The minimum Gasteiger partial charge on any atom is -0.378 e. The van der Waals surface area contributed by atoms with Gasteiger partial charge in [0.25, 0.3) is 0 Å². The van der Waals surface area contributed by atoms with E-state index in [1.807, 2.05) is 36.6 Å². The summed E-state index contributed by atoms with van der Waals surface area (Å²) in [6.45, 7) is 1.82. The van der Waals surface area contributed by atoms with Gasteiger partial charge >= 0.3 is 0 Å². The van der Waals surface area contributed by atoms with Crippen LogP contribution in [0.1, 0.15) is 18.5 Å². The summed E-state index contributed by atoms with van der Waals surface area (Å²) in [7, 11) is 0. The number of rotatable bonds is 3. The number of thiophene rings is 1. The molecule has 3 rings (SSSR count). The Bertz CT molecular complexity index is 751. The quantitative estimate of drug-likeness (QED) is 0.685. The molecule has 1 atom stereocenters. The second-order valence-corrected chi connectivity index (χ2v) is 5.65. The van der Waals surface area contributed by atoms with Crippen LogP contribution in [0.4, 0.5) is 14.5 Å². The lowest BCUT2D eigenvalue weighted by Crippen LogP contribution is -2.08. The zero-order chi connectivity index (χ0) is 14.1. The molecule has 0 saturated heterocycles. The van der Waals surface area contributed by atoms with Gasteiger partial charge in [0.15, 0.2) is 0 Å². The van der Waals surface area contributed by atoms with Crippen molar-refractivity contribution in [1.82, 2.24) is 0 Å². The molecule has 0 saturated carbocycles. The minimum absolute atomic E-state index is 0.304. The predicted octanol–water partition coefficient (Wildman–Crippen LogP) is 5.35. The smallest absolute Gasteiger partial charge is 0.128 e. The van der Waals surface area contributed by atoms with Gasteiger partial charge in [-0.25, -0.2) is 8.78 Å². The lowest BCUT2D eigenvalue weighted by atomic mass is 10.1. The van der Waals surface area contributed by atoms with Gasteiger partial charge in [0.2, 0.25) is 0 Å². The second kappa shape index (κ2) is 5.21. The third-order valence-corrected chi connectivity index (χ3v) is 4.16. The third kappa shape index (κ3) is 2.51. The Balaban J connectivity index is 1.87. The molecule has 0 aliphatic carbocycles. The van der Waals surface area contributed by atoms with Crippen molar-refractivity contribution >= 4 is 27.1 Å². The van der Waals surface area contributed by atoms with Crippen molar-refractivity contribution in [3.63, 3.8) is 0 Å². The number of benzene rings is 2. The van der Waals surface area contributed by atoms with E-state index in [2.05, 4.69) is 5.32 Å². The molecule has 0 fully saturated rings. The van der Waals surface area contributed by atoms with Gasteiger partial charge in [-0.2, -0.15) is 0 Å². The summed E-state index contributed by atoms with van der Waals surface area (Å²) >= 11 is 1.68. The normalized spacial score (nSPS) is 12.6. The number of anilines is 1. The molecular formula is C16H13F2NS. The van der Waals surface area contributed by atoms with Crippen LogP contribution in [0.3, 0.4) is 0 Å². The average molecular weight is 289 g/mol. The second-order valence-electron chi connectivity index (χ2n) is 4.71. The van der Waals surface area contributed by atoms with Crippen LogP contribution in [-0.4, -0.2) is 0 Å². The number of halogens is 2. The molecule has 102 valence electrons. The fraction of sp³-hybridized carbons (Fsp3) is 0.125. The highest BCUT2D eigenvalue weighted by molar-refractivity contribution is 7.17. The van der Waals surface area contributed by atoms with E-state index < -0.39 is 11.6 Å². The predicted molar refractivity (Wildman–Crippen MR) is 80.2 cm³/mol. The summed E-state index contributed by atoms with van der Waals surface area (Å²) in [4.78, 5) is 0.